The summed E-state index contributed by atoms with van der Waals surface area (Å²) in [6.07, 6.45) is 0. The van der Waals surface area contributed by atoms with Crippen molar-refractivity contribution in [1.82, 2.24) is 0 Å². The summed E-state index contributed by atoms with van der Waals surface area (Å²) in [4.78, 5) is 0. The Labute approximate surface area is 117 Å². The Morgan fingerprint density at radius 3 is 2.28 bits per heavy atom. The van der Waals surface area contributed by atoms with Gasteiger partial charge in [-0.3, -0.25) is 0 Å². The highest BCUT2D eigenvalue weighted by Crippen LogP contribution is 2.27. The largest absolute Gasteiger partial charge is 0.320 e. The molecule has 18 heavy (non-hydrogen) atoms. The average Bonchev–Trinajstić information content (AvgIpc) is 2.35. The van der Waals surface area contributed by atoms with Crippen LogP contribution in [-0.2, 0) is 0 Å². The van der Waals surface area contributed by atoms with E-state index in [9.17, 15) is 0 Å². The lowest BCUT2D eigenvalue weighted by Crippen LogP contribution is -2.13. The molecule has 2 aromatic rings. The molecular weight excluding hydrogens is 286 g/mol. The van der Waals surface area contributed by atoms with E-state index in [1.807, 2.05) is 0 Å². The maximum absolute atomic E-state index is 6.38. The van der Waals surface area contributed by atoms with Crippen molar-refractivity contribution in [2.24, 2.45) is 5.73 Å². The zero-order chi connectivity index (χ0) is 13.3. The number of benzene rings is 2. The summed E-state index contributed by atoms with van der Waals surface area (Å²) in [7, 11) is 0. The summed E-state index contributed by atoms with van der Waals surface area (Å²) < 4.78 is 1.11. The first-order chi connectivity index (χ1) is 8.49. The van der Waals surface area contributed by atoms with Gasteiger partial charge in [0.15, 0.2) is 0 Å². The van der Waals surface area contributed by atoms with E-state index < -0.39 is 0 Å². The fraction of sp³-hybridized carbons (Fsp3) is 0.250. The maximum atomic E-state index is 6.38. The molecule has 0 radical (unpaired) electrons. The number of nitrogens with two attached hydrogens (primary N) is 1. The Hall–Kier alpha value is -1.12. The quantitative estimate of drug-likeness (QED) is 0.873. The van der Waals surface area contributed by atoms with Crippen LogP contribution < -0.4 is 5.73 Å². The second-order valence-electron chi connectivity index (χ2n) is 4.85. The molecular formula is C16H18BrN. The molecule has 0 spiro atoms. The molecule has 94 valence electrons. The third kappa shape index (κ3) is 2.65. The van der Waals surface area contributed by atoms with E-state index in [4.69, 9.17) is 5.73 Å². The van der Waals surface area contributed by atoms with Crippen LogP contribution in [0.3, 0.4) is 0 Å². The second kappa shape index (κ2) is 5.25. The Morgan fingerprint density at radius 2 is 1.61 bits per heavy atom. The fourth-order valence-electron chi connectivity index (χ4n) is 2.08. The van der Waals surface area contributed by atoms with Crippen molar-refractivity contribution >= 4 is 15.9 Å². The molecule has 2 aromatic carbocycles. The van der Waals surface area contributed by atoms with E-state index in [2.05, 4.69) is 73.1 Å². The minimum Gasteiger partial charge on any atom is -0.320 e. The van der Waals surface area contributed by atoms with Gasteiger partial charge in [0.25, 0.3) is 0 Å². The molecule has 2 heteroatoms. The molecule has 1 unspecified atom stereocenters. The first-order valence-corrected chi connectivity index (χ1v) is 6.87. The van der Waals surface area contributed by atoms with E-state index in [-0.39, 0.29) is 6.04 Å². The highest BCUT2D eigenvalue weighted by molar-refractivity contribution is 9.10. The van der Waals surface area contributed by atoms with Crippen LogP contribution in [0.2, 0.25) is 0 Å². The van der Waals surface area contributed by atoms with Crippen molar-refractivity contribution in [3.05, 3.63) is 68.7 Å². The van der Waals surface area contributed by atoms with E-state index in [1.165, 1.54) is 22.3 Å². The lowest BCUT2D eigenvalue weighted by Gasteiger charge is -2.17. The molecule has 0 aliphatic rings. The van der Waals surface area contributed by atoms with Crippen molar-refractivity contribution in [3.8, 4) is 0 Å². The second-order valence-corrected chi connectivity index (χ2v) is 5.70. The van der Waals surface area contributed by atoms with Crippen LogP contribution in [0.25, 0.3) is 0 Å². The van der Waals surface area contributed by atoms with E-state index in [1.54, 1.807) is 0 Å². The van der Waals surface area contributed by atoms with Crippen LogP contribution in [0, 0.1) is 20.8 Å². The summed E-state index contributed by atoms with van der Waals surface area (Å²) in [5.41, 5.74) is 12.4. The summed E-state index contributed by atoms with van der Waals surface area (Å²) >= 11 is 3.56. The predicted molar refractivity (Wildman–Crippen MR) is 80.8 cm³/mol. The third-order valence-electron chi connectivity index (χ3n) is 3.32. The Balaban J connectivity index is 2.44. The molecule has 0 aliphatic heterocycles. The van der Waals surface area contributed by atoms with Crippen molar-refractivity contribution in [3.63, 3.8) is 0 Å². The molecule has 0 saturated carbocycles. The zero-order valence-electron chi connectivity index (χ0n) is 11.0. The van der Waals surface area contributed by atoms with Gasteiger partial charge >= 0.3 is 0 Å². The average molecular weight is 304 g/mol. The summed E-state index contributed by atoms with van der Waals surface area (Å²) in [6, 6.07) is 12.7. The van der Waals surface area contributed by atoms with Crippen LogP contribution in [0.4, 0.5) is 0 Å². The number of halogens is 1. The van der Waals surface area contributed by atoms with Crippen LogP contribution >= 0.6 is 15.9 Å². The van der Waals surface area contributed by atoms with Crippen molar-refractivity contribution < 1.29 is 0 Å². The van der Waals surface area contributed by atoms with Crippen LogP contribution in [-0.4, -0.2) is 0 Å². The van der Waals surface area contributed by atoms with Gasteiger partial charge in [0.05, 0.1) is 6.04 Å². The predicted octanol–water partition coefficient (Wildman–Crippen LogP) is 4.42. The van der Waals surface area contributed by atoms with E-state index in [0.29, 0.717) is 0 Å². The van der Waals surface area contributed by atoms with E-state index in [0.717, 1.165) is 10.0 Å². The molecule has 0 aliphatic carbocycles. The molecule has 0 aromatic heterocycles. The smallest absolute Gasteiger partial charge is 0.0554 e. The molecule has 0 amide bonds. The Morgan fingerprint density at radius 1 is 0.944 bits per heavy atom. The van der Waals surface area contributed by atoms with Gasteiger partial charge in [-0.05, 0) is 49.1 Å². The third-order valence-corrected chi connectivity index (χ3v) is 4.18. The van der Waals surface area contributed by atoms with Gasteiger partial charge in [0.1, 0.15) is 0 Å². The van der Waals surface area contributed by atoms with Gasteiger partial charge in [-0.25, -0.2) is 0 Å². The van der Waals surface area contributed by atoms with Gasteiger partial charge in [0.2, 0.25) is 0 Å². The van der Waals surface area contributed by atoms with Gasteiger partial charge in [0, 0.05) is 4.47 Å². The molecule has 2 N–H and O–H groups in total. The monoisotopic (exact) mass is 303 g/mol. The van der Waals surface area contributed by atoms with Crippen LogP contribution in [0.1, 0.15) is 33.9 Å². The normalized spacial score (nSPS) is 12.5. The number of hydrogen-bond acceptors (Lipinski definition) is 1. The minimum atomic E-state index is -0.0678. The highest BCUT2D eigenvalue weighted by Gasteiger charge is 2.12. The molecule has 2 rings (SSSR count). The summed E-state index contributed by atoms with van der Waals surface area (Å²) in [6.45, 7) is 6.29. The van der Waals surface area contributed by atoms with Gasteiger partial charge in [-0.1, -0.05) is 51.8 Å². The summed E-state index contributed by atoms with van der Waals surface area (Å²) in [5, 5.41) is 0. The number of hydrogen-bond donors (Lipinski definition) is 1. The van der Waals surface area contributed by atoms with Crippen molar-refractivity contribution in [2.45, 2.75) is 26.8 Å². The highest BCUT2D eigenvalue weighted by atomic mass is 79.9. The van der Waals surface area contributed by atoms with Crippen LogP contribution in [0.5, 0.6) is 0 Å². The molecule has 0 heterocycles. The van der Waals surface area contributed by atoms with Gasteiger partial charge in [-0.15, -0.1) is 0 Å². The van der Waals surface area contributed by atoms with E-state index >= 15 is 0 Å². The molecule has 1 atom stereocenters. The van der Waals surface area contributed by atoms with Crippen molar-refractivity contribution in [1.29, 1.82) is 0 Å². The molecule has 0 fully saturated rings. The molecule has 0 saturated heterocycles. The molecule has 0 bridgehead atoms. The SMILES string of the molecule is Cc1ccc(C)c(C(N)c2ccc(C)c(Br)c2)c1. The first-order valence-electron chi connectivity index (χ1n) is 6.08. The Kier molecular flexibility index (Phi) is 3.88. The minimum absolute atomic E-state index is 0.0678. The lowest BCUT2D eigenvalue weighted by molar-refractivity contribution is 0.858. The summed E-state index contributed by atoms with van der Waals surface area (Å²) in [5.74, 6) is 0. The lowest BCUT2D eigenvalue weighted by atomic mass is 9.94. The first kappa shape index (κ1) is 13.3. The van der Waals surface area contributed by atoms with Gasteiger partial charge in [-0.2, -0.15) is 0 Å². The number of aryl methyl sites for hydroxylation is 3. The Bertz CT molecular complexity index is 575. The van der Waals surface area contributed by atoms with Crippen molar-refractivity contribution in [2.75, 3.05) is 0 Å². The molecule has 1 nitrogen and oxygen atoms in total. The zero-order valence-corrected chi connectivity index (χ0v) is 12.6. The van der Waals surface area contributed by atoms with Crippen LogP contribution in [0.15, 0.2) is 40.9 Å². The fourth-order valence-corrected chi connectivity index (χ4v) is 2.47. The maximum Gasteiger partial charge on any atom is 0.0554 e. The number of rotatable bonds is 2. The van der Waals surface area contributed by atoms with Gasteiger partial charge < -0.3 is 5.73 Å². The topological polar surface area (TPSA) is 26.0 Å². The standard InChI is InChI=1S/C16H18BrN/c1-10-4-5-11(2)14(8-10)16(18)13-7-6-12(3)15(17)9-13/h4-9,16H,18H2,1-3H3.